The lowest BCUT2D eigenvalue weighted by Crippen LogP contribution is -2.19. The second-order valence-corrected chi connectivity index (χ2v) is 8.83. The fourth-order valence-corrected chi connectivity index (χ4v) is 4.01. The molecule has 0 aliphatic rings. The fourth-order valence-electron chi connectivity index (χ4n) is 3.65. The van der Waals surface area contributed by atoms with Gasteiger partial charge in [0.05, 0.1) is 40.6 Å². The van der Waals surface area contributed by atoms with Gasteiger partial charge in [-0.2, -0.15) is 23.5 Å². The Balaban J connectivity index is 1.79. The number of halogens is 5. The summed E-state index contributed by atoms with van der Waals surface area (Å²) in [4.78, 5) is 29.1. The van der Waals surface area contributed by atoms with Gasteiger partial charge in [-0.05, 0) is 43.3 Å². The van der Waals surface area contributed by atoms with Crippen molar-refractivity contribution in [3.05, 3.63) is 86.5 Å². The SMILES string of the molecule is Cc1c(NC(=O)c2cc(C(N)=O)nc3ccc(Br)cc23)c(C(F)(F)F)nn1Cc1ccc(C#N)cc1F. The van der Waals surface area contributed by atoms with E-state index in [1.54, 1.807) is 12.1 Å². The number of rotatable bonds is 5. The average molecular weight is 575 g/mol. The van der Waals surface area contributed by atoms with E-state index in [2.05, 4.69) is 31.3 Å². The molecule has 8 nitrogen and oxygen atoms in total. The number of fused-ring (bicyclic) bond motifs is 1. The van der Waals surface area contributed by atoms with E-state index >= 15 is 0 Å². The Bertz CT molecular complexity index is 1620. The number of nitriles is 1. The van der Waals surface area contributed by atoms with Crippen LogP contribution >= 0.6 is 15.9 Å². The number of hydrogen-bond acceptors (Lipinski definition) is 5. The molecule has 0 spiro atoms. The zero-order valence-electron chi connectivity index (χ0n) is 18.8. The monoisotopic (exact) mass is 574 g/mol. The summed E-state index contributed by atoms with van der Waals surface area (Å²) in [5, 5.41) is 15.0. The topological polar surface area (TPSA) is 127 Å². The molecule has 37 heavy (non-hydrogen) atoms. The summed E-state index contributed by atoms with van der Waals surface area (Å²) in [7, 11) is 0. The first kappa shape index (κ1) is 25.8. The van der Waals surface area contributed by atoms with Gasteiger partial charge in [-0.1, -0.05) is 22.0 Å². The molecule has 0 saturated heterocycles. The lowest BCUT2D eigenvalue weighted by Gasteiger charge is -2.12. The lowest BCUT2D eigenvalue weighted by atomic mass is 10.1. The highest BCUT2D eigenvalue weighted by molar-refractivity contribution is 9.10. The van der Waals surface area contributed by atoms with E-state index in [1.165, 1.54) is 31.2 Å². The molecule has 2 amide bonds. The largest absolute Gasteiger partial charge is 0.437 e. The molecule has 0 aliphatic carbocycles. The first-order chi connectivity index (χ1) is 17.4. The van der Waals surface area contributed by atoms with E-state index < -0.39 is 35.2 Å². The number of primary amides is 1. The number of aromatic nitrogens is 3. The molecule has 0 fully saturated rings. The Kier molecular flexibility index (Phi) is 6.70. The first-order valence-electron chi connectivity index (χ1n) is 10.4. The number of hydrogen-bond donors (Lipinski definition) is 2. The summed E-state index contributed by atoms with van der Waals surface area (Å²) in [5.74, 6) is -2.69. The van der Waals surface area contributed by atoms with Crippen molar-refractivity contribution in [2.75, 3.05) is 5.32 Å². The van der Waals surface area contributed by atoms with Crippen LogP contribution in [0.2, 0.25) is 0 Å². The third-order valence-electron chi connectivity index (χ3n) is 5.48. The molecule has 0 atom stereocenters. The van der Waals surface area contributed by atoms with Crippen LogP contribution in [0.5, 0.6) is 0 Å². The Morgan fingerprint density at radius 2 is 1.92 bits per heavy atom. The second-order valence-electron chi connectivity index (χ2n) is 7.92. The van der Waals surface area contributed by atoms with E-state index in [9.17, 15) is 27.2 Å². The summed E-state index contributed by atoms with van der Waals surface area (Å²) >= 11 is 3.27. The molecule has 4 rings (SSSR count). The highest BCUT2D eigenvalue weighted by Crippen LogP contribution is 2.37. The number of benzene rings is 2. The molecule has 2 aromatic carbocycles. The molecule has 0 aliphatic heterocycles. The van der Waals surface area contributed by atoms with E-state index in [0.717, 1.165) is 16.8 Å². The van der Waals surface area contributed by atoms with Crippen molar-refractivity contribution in [3.8, 4) is 6.07 Å². The minimum atomic E-state index is -4.95. The Hall–Kier alpha value is -4.31. The van der Waals surface area contributed by atoms with Gasteiger partial charge >= 0.3 is 6.18 Å². The Morgan fingerprint density at radius 1 is 1.19 bits per heavy atom. The molecule has 2 aromatic heterocycles. The lowest BCUT2D eigenvalue weighted by molar-refractivity contribution is -0.140. The van der Waals surface area contributed by atoms with Crippen molar-refractivity contribution in [2.24, 2.45) is 5.73 Å². The molecule has 188 valence electrons. The molecule has 13 heteroatoms. The van der Waals surface area contributed by atoms with Crippen LogP contribution in [0, 0.1) is 24.1 Å². The number of amides is 2. The van der Waals surface area contributed by atoms with Crippen LogP contribution in [0.15, 0.2) is 46.9 Å². The van der Waals surface area contributed by atoms with Crippen LogP contribution in [-0.2, 0) is 12.7 Å². The van der Waals surface area contributed by atoms with Gasteiger partial charge < -0.3 is 11.1 Å². The predicted octanol–water partition coefficient (Wildman–Crippen LogP) is 4.93. The zero-order chi connectivity index (χ0) is 27.1. The van der Waals surface area contributed by atoms with Gasteiger partial charge in [0.2, 0.25) is 0 Å². The number of nitrogens with one attached hydrogen (secondary N) is 1. The fraction of sp³-hybridized carbons (Fsp3) is 0.125. The standard InChI is InChI=1S/C24H15BrF4N6O2/c1-11-20(21(24(27,28)29)34-35(11)10-13-3-2-12(9-30)6-17(13)26)33-23(37)16-8-19(22(31)36)32-18-5-4-14(25)7-15(16)18/h2-8H,10H2,1H3,(H2,31,36)(H,33,37). The van der Waals surface area contributed by atoms with Gasteiger partial charge in [-0.3, -0.25) is 14.3 Å². The maximum absolute atomic E-state index is 14.4. The van der Waals surface area contributed by atoms with E-state index in [4.69, 9.17) is 11.0 Å². The number of carbonyl (C=O) groups is 2. The molecule has 3 N–H and O–H groups in total. The van der Waals surface area contributed by atoms with Crippen LogP contribution in [0.3, 0.4) is 0 Å². The van der Waals surface area contributed by atoms with Gasteiger partial charge in [0.25, 0.3) is 11.8 Å². The number of anilines is 1. The second kappa shape index (κ2) is 9.62. The summed E-state index contributed by atoms with van der Waals surface area (Å²) in [6.45, 7) is 0.898. The summed E-state index contributed by atoms with van der Waals surface area (Å²) in [6.07, 6.45) is -4.95. The predicted molar refractivity (Wildman–Crippen MR) is 128 cm³/mol. The van der Waals surface area contributed by atoms with Crippen molar-refractivity contribution in [1.29, 1.82) is 5.26 Å². The number of nitrogens with zero attached hydrogens (tertiary/aromatic N) is 4. The summed E-state index contributed by atoms with van der Waals surface area (Å²) < 4.78 is 57.5. The highest BCUT2D eigenvalue weighted by Gasteiger charge is 2.39. The van der Waals surface area contributed by atoms with Crippen LogP contribution in [0.1, 0.15) is 43.4 Å². The van der Waals surface area contributed by atoms with Crippen LogP contribution < -0.4 is 11.1 Å². The molecular formula is C24H15BrF4N6O2. The van der Waals surface area contributed by atoms with Crippen LogP contribution in [-0.4, -0.2) is 26.6 Å². The van der Waals surface area contributed by atoms with E-state index in [1.807, 2.05) is 0 Å². The quantitative estimate of drug-likeness (QED) is 0.327. The van der Waals surface area contributed by atoms with E-state index in [-0.39, 0.29) is 45.5 Å². The Labute approximate surface area is 214 Å². The van der Waals surface area contributed by atoms with Gasteiger partial charge in [0.15, 0.2) is 5.69 Å². The summed E-state index contributed by atoms with van der Waals surface area (Å²) in [5.41, 5.74) is 3.08. The molecule has 4 aromatic rings. The maximum Gasteiger partial charge on any atom is 0.437 e. The molecule has 0 unspecified atom stereocenters. The van der Waals surface area contributed by atoms with Crippen molar-refractivity contribution in [2.45, 2.75) is 19.6 Å². The molecular weight excluding hydrogens is 560 g/mol. The summed E-state index contributed by atoms with van der Waals surface area (Å²) in [6, 6.07) is 11.1. The van der Waals surface area contributed by atoms with Gasteiger partial charge in [0, 0.05) is 15.4 Å². The highest BCUT2D eigenvalue weighted by atomic mass is 79.9. The van der Waals surface area contributed by atoms with Crippen LogP contribution in [0.25, 0.3) is 10.9 Å². The number of carbonyl (C=O) groups excluding carboxylic acids is 2. The molecule has 0 bridgehead atoms. The first-order valence-corrected chi connectivity index (χ1v) is 11.2. The van der Waals surface area contributed by atoms with E-state index in [0.29, 0.717) is 4.47 Å². The number of nitrogens with two attached hydrogens (primary N) is 1. The Morgan fingerprint density at radius 3 is 2.54 bits per heavy atom. The normalized spacial score (nSPS) is 11.4. The van der Waals surface area contributed by atoms with Crippen molar-refractivity contribution >= 4 is 44.3 Å². The minimum Gasteiger partial charge on any atom is -0.364 e. The third-order valence-corrected chi connectivity index (χ3v) is 5.98. The minimum absolute atomic E-state index is 0.00715. The van der Waals surface area contributed by atoms with Gasteiger partial charge in [-0.15, -0.1) is 0 Å². The zero-order valence-corrected chi connectivity index (χ0v) is 20.4. The van der Waals surface area contributed by atoms with Crippen molar-refractivity contribution in [1.82, 2.24) is 14.8 Å². The molecule has 0 saturated carbocycles. The van der Waals surface area contributed by atoms with Crippen molar-refractivity contribution < 1.29 is 27.2 Å². The third kappa shape index (κ3) is 5.14. The van der Waals surface area contributed by atoms with Crippen LogP contribution in [0.4, 0.5) is 23.2 Å². The van der Waals surface area contributed by atoms with Gasteiger partial charge in [0.1, 0.15) is 11.5 Å². The average Bonchev–Trinajstić information content (AvgIpc) is 3.14. The number of alkyl halides is 3. The van der Waals surface area contributed by atoms with Crippen molar-refractivity contribution in [3.63, 3.8) is 0 Å². The van der Waals surface area contributed by atoms with Gasteiger partial charge in [-0.25, -0.2) is 9.37 Å². The molecule has 2 heterocycles. The maximum atomic E-state index is 14.4. The molecule has 0 radical (unpaired) electrons. The number of pyridine rings is 1. The smallest absolute Gasteiger partial charge is 0.364 e.